The lowest BCUT2D eigenvalue weighted by atomic mass is 10.1. The molecule has 1 atom stereocenters. The van der Waals surface area contributed by atoms with Gasteiger partial charge in [-0.15, -0.1) is 11.3 Å². The maximum absolute atomic E-state index is 12.1. The van der Waals surface area contributed by atoms with Gasteiger partial charge in [-0.05, 0) is 18.8 Å². The summed E-state index contributed by atoms with van der Waals surface area (Å²) in [6, 6.07) is -0.000741. The average Bonchev–Trinajstić information content (AvgIpc) is 2.88. The maximum atomic E-state index is 12.1. The maximum Gasteiger partial charge on any atom is 0.271 e. The van der Waals surface area contributed by atoms with Crippen LogP contribution in [0.3, 0.4) is 0 Å². The highest BCUT2D eigenvalue weighted by Gasteiger charge is 2.36. The molecule has 6 heteroatoms. The molecule has 2 aromatic rings. The van der Waals surface area contributed by atoms with E-state index in [-0.39, 0.29) is 11.9 Å². The van der Waals surface area contributed by atoms with Crippen LogP contribution in [0.1, 0.15) is 35.2 Å². The Morgan fingerprint density at radius 2 is 2.39 bits per heavy atom. The second-order valence-corrected chi connectivity index (χ2v) is 5.28. The third-order valence-electron chi connectivity index (χ3n) is 3.18. The molecule has 0 saturated heterocycles. The van der Waals surface area contributed by atoms with Crippen molar-refractivity contribution in [3.05, 3.63) is 34.8 Å². The molecule has 0 aromatic carbocycles. The van der Waals surface area contributed by atoms with Gasteiger partial charge >= 0.3 is 0 Å². The third-order valence-corrected chi connectivity index (χ3v) is 3.77. The number of carbonyl (C=O) groups excluding carboxylic acids is 1. The number of aryl methyl sites for hydroxylation is 1. The van der Waals surface area contributed by atoms with Crippen LogP contribution >= 0.6 is 11.3 Å². The Hall–Kier alpha value is -1.69. The van der Waals surface area contributed by atoms with Crippen molar-refractivity contribution in [2.24, 2.45) is 13.0 Å². The van der Waals surface area contributed by atoms with E-state index < -0.39 is 0 Å². The summed E-state index contributed by atoms with van der Waals surface area (Å²) in [5.74, 6) is 1.31. The minimum Gasteiger partial charge on any atom is -0.340 e. The van der Waals surface area contributed by atoms with Crippen LogP contribution in [0.25, 0.3) is 0 Å². The Labute approximate surface area is 109 Å². The molecule has 1 unspecified atom stereocenters. The van der Waals surface area contributed by atoms with Crippen LogP contribution in [0.4, 0.5) is 0 Å². The fourth-order valence-electron chi connectivity index (χ4n) is 2.04. The van der Waals surface area contributed by atoms with Gasteiger partial charge < -0.3 is 9.88 Å². The van der Waals surface area contributed by atoms with Crippen molar-refractivity contribution < 1.29 is 4.79 Å². The summed E-state index contributed by atoms with van der Waals surface area (Å²) in [5, 5.41) is 4.81. The van der Waals surface area contributed by atoms with Gasteiger partial charge in [0, 0.05) is 24.8 Å². The van der Waals surface area contributed by atoms with Crippen LogP contribution in [0.5, 0.6) is 0 Å². The van der Waals surface area contributed by atoms with Gasteiger partial charge in [-0.25, -0.2) is 9.97 Å². The van der Waals surface area contributed by atoms with Gasteiger partial charge in [-0.3, -0.25) is 4.79 Å². The number of imidazole rings is 1. The topological polar surface area (TPSA) is 59.8 Å². The fraction of sp³-hybridized carbons (Fsp3) is 0.417. The van der Waals surface area contributed by atoms with Crippen LogP contribution in [0.15, 0.2) is 23.3 Å². The lowest BCUT2D eigenvalue weighted by Gasteiger charge is -2.17. The van der Waals surface area contributed by atoms with E-state index in [2.05, 4.69) is 15.3 Å². The van der Waals surface area contributed by atoms with E-state index in [9.17, 15) is 4.79 Å². The van der Waals surface area contributed by atoms with Gasteiger partial charge in [0.1, 0.15) is 11.5 Å². The second kappa shape index (κ2) is 4.53. The van der Waals surface area contributed by atoms with Crippen LogP contribution in [0, 0.1) is 5.92 Å². The van der Waals surface area contributed by atoms with Gasteiger partial charge in [0.05, 0.1) is 11.6 Å². The quantitative estimate of drug-likeness (QED) is 0.913. The molecule has 1 N–H and O–H groups in total. The minimum atomic E-state index is -0.115. The Balaban J connectivity index is 1.79. The van der Waals surface area contributed by atoms with Crippen molar-refractivity contribution in [2.75, 3.05) is 0 Å². The zero-order valence-electron chi connectivity index (χ0n) is 10.0. The first-order valence-electron chi connectivity index (χ1n) is 5.92. The predicted molar refractivity (Wildman–Crippen MR) is 68.3 cm³/mol. The van der Waals surface area contributed by atoms with Crippen molar-refractivity contribution in [1.29, 1.82) is 0 Å². The summed E-state index contributed by atoms with van der Waals surface area (Å²) < 4.78 is 1.96. The Morgan fingerprint density at radius 3 is 2.94 bits per heavy atom. The number of carbonyl (C=O) groups is 1. The van der Waals surface area contributed by atoms with Crippen molar-refractivity contribution in [3.8, 4) is 0 Å². The van der Waals surface area contributed by atoms with Crippen molar-refractivity contribution in [2.45, 2.75) is 18.9 Å². The second-order valence-electron chi connectivity index (χ2n) is 4.56. The molecule has 1 saturated carbocycles. The molecule has 0 spiro atoms. The van der Waals surface area contributed by atoms with Crippen LogP contribution in [-0.2, 0) is 7.05 Å². The lowest BCUT2D eigenvalue weighted by molar-refractivity contribution is 0.0924. The van der Waals surface area contributed by atoms with E-state index in [4.69, 9.17) is 0 Å². The molecule has 2 heterocycles. The summed E-state index contributed by atoms with van der Waals surface area (Å²) >= 11 is 1.43. The molecule has 1 aliphatic rings. The fourth-order valence-corrected chi connectivity index (χ4v) is 2.57. The van der Waals surface area contributed by atoms with E-state index in [0.717, 1.165) is 18.7 Å². The predicted octanol–water partition coefficient (Wildman–Crippen LogP) is 1.76. The van der Waals surface area contributed by atoms with E-state index in [1.54, 1.807) is 17.1 Å². The molecular weight excluding hydrogens is 248 g/mol. The number of rotatable bonds is 4. The Kier molecular flexibility index (Phi) is 2.87. The number of thiazole rings is 1. The number of amides is 1. The zero-order valence-corrected chi connectivity index (χ0v) is 10.9. The normalized spacial score (nSPS) is 16.5. The first-order valence-corrected chi connectivity index (χ1v) is 6.86. The number of nitrogens with zero attached hydrogens (tertiary/aromatic N) is 3. The average molecular weight is 262 g/mol. The highest BCUT2D eigenvalue weighted by Crippen LogP contribution is 2.40. The van der Waals surface area contributed by atoms with Crippen molar-refractivity contribution in [1.82, 2.24) is 19.9 Å². The van der Waals surface area contributed by atoms with Gasteiger partial charge in [0.15, 0.2) is 0 Å². The summed E-state index contributed by atoms with van der Waals surface area (Å²) in [7, 11) is 1.95. The van der Waals surface area contributed by atoms with Crippen molar-refractivity contribution in [3.63, 3.8) is 0 Å². The van der Waals surface area contributed by atoms with E-state index in [1.165, 1.54) is 11.3 Å². The molecule has 0 radical (unpaired) electrons. The first kappa shape index (κ1) is 11.4. The van der Waals surface area contributed by atoms with Crippen LogP contribution in [-0.4, -0.2) is 20.4 Å². The van der Waals surface area contributed by atoms with E-state index in [1.807, 2.05) is 17.8 Å². The van der Waals surface area contributed by atoms with Crippen LogP contribution < -0.4 is 5.32 Å². The lowest BCUT2D eigenvalue weighted by Crippen LogP contribution is -2.31. The minimum absolute atomic E-state index is 0.000741. The Morgan fingerprint density at radius 1 is 1.56 bits per heavy atom. The molecule has 5 nitrogen and oxygen atoms in total. The van der Waals surface area contributed by atoms with Crippen LogP contribution in [0.2, 0.25) is 0 Å². The van der Waals surface area contributed by atoms with Gasteiger partial charge in [-0.1, -0.05) is 0 Å². The highest BCUT2D eigenvalue weighted by molar-refractivity contribution is 7.07. The van der Waals surface area contributed by atoms with Gasteiger partial charge in [-0.2, -0.15) is 0 Å². The third kappa shape index (κ3) is 2.15. The molecule has 18 heavy (non-hydrogen) atoms. The molecule has 1 amide bonds. The van der Waals surface area contributed by atoms with Crippen molar-refractivity contribution >= 4 is 17.2 Å². The zero-order chi connectivity index (χ0) is 12.5. The highest BCUT2D eigenvalue weighted by atomic mass is 32.1. The number of nitrogens with one attached hydrogen (secondary N) is 1. The van der Waals surface area contributed by atoms with E-state index >= 15 is 0 Å². The number of aromatic nitrogens is 3. The summed E-state index contributed by atoms with van der Waals surface area (Å²) in [6.07, 6.45) is 5.96. The molecule has 0 aliphatic heterocycles. The van der Waals surface area contributed by atoms with E-state index in [0.29, 0.717) is 11.6 Å². The Bertz CT molecular complexity index is 544. The molecule has 0 bridgehead atoms. The molecule has 3 rings (SSSR count). The smallest absolute Gasteiger partial charge is 0.271 e. The van der Waals surface area contributed by atoms with Gasteiger partial charge in [0.2, 0.25) is 0 Å². The number of hydrogen-bond donors (Lipinski definition) is 1. The number of hydrogen-bond acceptors (Lipinski definition) is 4. The molecule has 94 valence electrons. The molecular formula is C12H14N4OS. The molecule has 1 fully saturated rings. The largest absolute Gasteiger partial charge is 0.340 e. The summed E-state index contributed by atoms with van der Waals surface area (Å²) in [4.78, 5) is 20.4. The standard InChI is InChI=1S/C12H14N4OS/c1-16-5-4-13-11(16)10(8-2-3-8)15-12(17)9-6-18-7-14-9/h4-8,10H,2-3H2,1H3,(H,15,17). The molecule has 1 aliphatic carbocycles. The van der Waals surface area contributed by atoms with Gasteiger partial charge in [0.25, 0.3) is 5.91 Å². The summed E-state index contributed by atoms with van der Waals surface area (Å²) in [6.45, 7) is 0. The monoisotopic (exact) mass is 262 g/mol. The SMILES string of the molecule is Cn1ccnc1C(NC(=O)c1cscn1)C1CC1. The first-order chi connectivity index (χ1) is 8.75. The summed E-state index contributed by atoms with van der Waals surface area (Å²) in [5.41, 5.74) is 2.15. The molecule has 2 aromatic heterocycles.